The van der Waals surface area contributed by atoms with Gasteiger partial charge in [-0.2, -0.15) is 0 Å². The standard InChI is InChI=1S/C13H16N2O3/c1-10-2-4-11(5-3-10)12(16)14-6-8-15(9-7-14)13(17)18/h2-5H,6-9H2,1H3,(H,17,18). The summed E-state index contributed by atoms with van der Waals surface area (Å²) in [5.74, 6) is -0.0277. The Hall–Kier alpha value is -2.04. The highest BCUT2D eigenvalue weighted by Gasteiger charge is 2.24. The normalized spacial score (nSPS) is 15.6. The fourth-order valence-electron chi connectivity index (χ4n) is 1.98. The molecule has 0 aliphatic carbocycles. The van der Waals surface area contributed by atoms with Crippen molar-refractivity contribution in [3.63, 3.8) is 0 Å². The van der Waals surface area contributed by atoms with E-state index in [9.17, 15) is 9.59 Å². The Morgan fingerprint density at radius 1 is 1.00 bits per heavy atom. The van der Waals surface area contributed by atoms with Crippen molar-refractivity contribution in [2.45, 2.75) is 6.92 Å². The SMILES string of the molecule is Cc1ccc(C(=O)N2CCN(C(=O)O)CC2)cc1. The number of benzene rings is 1. The summed E-state index contributed by atoms with van der Waals surface area (Å²) >= 11 is 0. The minimum absolute atomic E-state index is 0.0277. The Morgan fingerprint density at radius 2 is 1.50 bits per heavy atom. The Balaban J connectivity index is 1.99. The second-order valence-electron chi connectivity index (χ2n) is 4.43. The fourth-order valence-corrected chi connectivity index (χ4v) is 1.98. The minimum atomic E-state index is -0.919. The molecule has 1 aromatic rings. The number of piperazine rings is 1. The lowest BCUT2D eigenvalue weighted by atomic mass is 10.1. The van der Waals surface area contributed by atoms with Crippen LogP contribution in [-0.2, 0) is 0 Å². The first-order chi connectivity index (χ1) is 8.58. The van der Waals surface area contributed by atoms with Crippen LogP contribution in [0.2, 0.25) is 0 Å². The Kier molecular flexibility index (Phi) is 3.50. The predicted octanol–water partition coefficient (Wildman–Crippen LogP) is 1.43. The summed E-state index contributed by atoms with van der Waals surface area (Å²) in [6.45, 7) is 3.65. The van der Waals surface area contributed by atoms with Crippen molar-refractivity contribution in [2.75, 3.05) is 26.2 Å². The van der Waals surface area contributed by atoms with E-state index in [1.54, 1.807) is 17.0 Å². The van der Waals surface area contributed by atoms with Gasteiger partial charge in [-0.25, -0.2) is 4.79 Å². The van der Waals surface area contributed by atoms with Gasteiger partial charge in [0.25, 0.3) is 5.91 Å². The molecule has 0 saturated carbocycles. The van der Waals surface area contributed by atoms with Gasteiger partial charge in [-0.1, -0.05) is 17.7 Å². The second kappa shape index (κ2) is 5.08. The lowest BCUT2D eigenvalue weighted by Gasteiger charge is -2.33. The molecule has 0 aromatic heterocycles. The molecule has 2 rings (SSSR count). The first-order valence-electron chi connectivity index (χ1n) is 5.92. The van der Waals surface area contributed by atoms with Crippen LogP contribution in [-0.4, -0.2) is 53.1 Å². The number of carbonyl (C=O) groups is 2. The van der Waals surface area contributed by atoms with E-state index in [1.807, 2.05) is 19.1 Å². The third-order valence-electron chi connectivity index (χ3n) is 3.14. The van der Waals surface area contributed by atoms with Gasteiger partial charge in [0.1, 0.15) is 0 Å². The summed E-state index contributed by atoms with van der Waals surface area (Å²) in [5, 5.41) is 8.83. The molecule has 1 N–H and O–H groups in total. The average molecular weight is 248 g/mol. The molecule has 1 aliphatic heterocycles. The Morgan fingerprint density at radius 3 is 2.00 bits per heavy atom. The fraction of sp³-hybridized carbons (Fsp3) is 0.385. The van der Waals surface area contributed by atoms with Crippen molar-refractivity contribution in [2.24, 2.45) is 0 Å². The minimum Gasteiger partial charge on any atom is -0.465 e. The molecule has 0 atom stereocenters. The molecule has 5 heteroatoms. The highest BCUT2D eigenvalue weighted by Crippen LogP contribution is 2.10. The zero-order chi connectivity index (χ0) is 13.1. The topological polar surface area (TPSA) is 60.9 Å². The highest BCUT2D eigenvalue weighted by molar-refractivity contribution is 5.94. The van der Waals surface area contributed by atoms with Crippen LogP contribution >= 0.6 is 0 Å². The molecule has 5 nitrogen and oxygen atoms in total. The van der Waals surface area contributed by atoms with Crippen molar-refractivity contribution < 1.29 is 14.7 Å². The van der Waals surface area contributed by atoms with Gasteiger partial charge < -0.3 is 14.9 Å². The van der Waals surface area contributed by atoms with Gasteiger partial charge in [0, 0.05) is 31.7 Å². The van der Waals surface area contributed by atoms with Crippen LogP contribution in [0.1, 0.15) is 15.9 Å². The van der Waals surface area contributed by atoms with Crippen LogP contribution in [0.25, 0.3) is 0 Å². The van der Waals surface area contributed by atoms with E-state index < -0.39 is 6.09 Å². The molecule has 1 fully saturated rings. The van der Waals surface area contributed by atoms with E-state index in [0.717, 1.165) is 5.56 Å². The molecule has 1 heterocycles. The molecule has 0 radical (unpaired) electrons. The Bertz CT molecular complexity index is 448. The number of carbonyl (C=O) groups excluding carboxylic acids is 1. The molecule has 1 aromatic carbocycles. The van der Waals surface area contributed by atoms with Crippen LogP contribution in [0, 0.1) is 6.92 Å². The van der Waals surface area contributed by atoms with Gasteiger partial charge in [-0.05, 0) is 19.1 Å². The molecule has 1 saturated heterocycles. The number of nitrogens with zero attached hydrogens (tertiary/aromatic N) is 2. The largest absolute Gasteiger partial charge is 0.465 e. The predicted molar refractivity (Wildman–Crippen MR) is 66.7 cm³/mol. The van der Waals surface area contributed by atoms with E-state index in [-0.39, 0.29) is 5.91 Å². The van der Waals surface area contributed by atoms with Crippen molar-refractivity contribution in [1.82, 2.24) is 9.80 Å². The zero-order valence-corrected chi connectivity index (χ0v) is 10.3. The summed E-state index contributed by atoms with van der Waals surface area (Å²) in [6, 6.07) is 7.42. The number of hydrogen-bond acceptors (Lipinski definition) is 2. The van der Waals surface area contributed by atoms with E-state index >= 15 is 0 Å². The van der Waals surface area contributed by atoms with Crippen molar-refractivity contribution in [1.29, 1.82) is 0 Å². The van der Waals surface area contributed by atoms with Gasteiger partial charge >= 0.3 is 6.09 Å². The molecule has 1 aliphatic rings. The lowest BCUT2D eigenvalue weighted by molar-refractivity contribution is 0.0625. The highest BCUT2D eigenvalue weighted by atomic mass is 16.4. The first-order valence-corrected chi connectivity index (χ1v) is 5.92. The summed E-state index contributed by atoms with van der Waals surface area (Å²) in [4.78, 5) is 25.9. The molecule has 2 amide bonds. The third-order valence-corrected chi connectivity index (χ3v) is 3.14. The van der Waals surface area contributed by atoms with Crippen molar-refractivity contribution in [3.8, 4) is 0 Å². The zero-order valence-electron chi connectivity index (χ0n) is 10.3. The maximum absolute atomic E-state index is 12.1. The number of carboxylic acid groups (broad SMARTS) is 1. The van der Waals surface area contributed by atoms with Crippen molar-refractivity contribution in [3.05, 3.63) is 35.4 Å². The average Bonchev–Trinajstić information content (AvgIpc) is 2.39. The van der Waals surface area contributed by atoms with Gasteiger partial charge in [-0.3, -0.25) is 4.79 Å². The van der Waals surface area contributed by atoms with E-state index in [1.165, 1.54) is 4.90 Å². The summed E-state index contributed by atoms with van der Waals surface area (Å²) in [7, 11) is 0. The van der Waals surface area contributed by atoms with Gasteiger partial charge in [0.2, 0.25) is 0 Å². The van der Waals surface area contributed by atoms with Gasteiger partial charge in [0.05, 0.1) is 0 Å². The summed E-state index contributed by atoms with van der Waals surface area (Å²) in [6.07, 6.45) is -0.919. The lowest BCUT2D eigenvalue weighted by Crippen LogP contribution is -2.50. The van der Waals surface area contributed by atoms with Crippen LogP contribution in [0.5, 0.6) is 0 Å². The maximum atomic E-state index is 12.1. The van der Waals surface area contributed by atoms with Crippen LogP contribution in [0.4, 0.5) is 4.79 Å². The number of amides is 2. The second-order valence-corrected chi connectivity index (χ2v) is 4.43. The number of hydrogen-bond donors (Lipinski definition) is 1. The summed E-state index contributed by atoms with van der Waals surface area (Å²) < 4.78 is 0. The monoisotopic (exact) mass is 248 g/mol. The molecular weight excluding hydrogens is 232 g/mol. The van der Waals surface area contributed by atoms with Crippen LogP contribution in [0.3, 0.4) is 0 Å². The molecule has 0 spiro atoms. The van der Waals surface area contributed by atoms with Crippen LogP contribution < -0.4 is 0 Å². The quantitative estimate of drug-likeness (QED) is 0.817. The summed E-state index contributed by atoms with van der Waals surface area (Å²) in [5.41, 5.74) is 1.77. The van der Waals surface area contributed by atoms with Crippen LogP contribution in [0.15, 0.2) is 24.3 Å². The van der Waals surface area contributed by atoms with Gasteiger partial charge in [-0.15, -0.1) is 0 Å². The van der Waals surface area contributed by atoms with Crippen molar-refractivity contribution >= 4 is 12.0 Å². The smallest absolute Gasteiger partial charge is 0.407 e. The first kappa shape index (κ1) is 12.4. The molecule has 96 valence electrons. The molecule has 18 heavy (non-hydrogen) atoms. The molecule has 0 bridgehead atoms. The Labute approximate surface area is 106 Å². The number of rotatable bonds is 1. The molecule has 0 unspecified atom stereocenters. The third kappa shape index (κ3) is 2.61. The maximum Gasteiger partial charge on any atom is 0.407 e. The number of aryl methyl sites for hydroxylation is 1. The van der Waals surface area contributed by atoms with Gasteiger partial charge in [0.15, 0.2) is 0 Å². The van der Waals surface area contributed by atoms with E-state index in [0.29, 0.717) is 31.7 Å². The molecular formula is C13H16N2O3. The van der Waals surface area contributed by atoms with E-state index in [4.69, 9.17) is 5.11 Å². The van der Waals surface area contributed by atoms with E-state index in [2.05, 4.69) is 0 Å².